The van der Waals surface area contributed by atoms with Gasteiger partial charge in [-0.1, -0.05) is 36.4 Å². The van der Waals surface area contributed by atoms with Gasteiger partial charge in [0.05, 0.1) is 17.4 Å². The third-order valence-corrected chi connectivity index (χ3v) is 4.70. The van der Waals surface area contributed by atoms with Gasteiger partial charge in [-0.05, 0) is 32.2 Å². The third-order valence-electron chi connectivity index (χ3n) is 3.27. The van der Waals surface area contributed by atoms with Crippen molar-refractivity contribution in [1.82, 2.24) is 5.32 Å². The monoisotopic (exact) mass is 303 g/mol. The summed E-state index contributed by atoms with van der Waals surface area (Å²) in [7, 11) is 0.840. The Morgan fingerprint density at radius 3 is 2.43 bits per heavy atom. The highest BCUT2D eigenvalue weighted by Crippen LogP contribution is 2.26. The summed E-state index contributed by atoms with van der Waals surface area (Å²) in [5.41, 5.74) is 1.05. The normalized spacial score (nSPS) is 13.6. The summed E-state index contributed by atoms with van der Waals surface area (Å²) in [4.78, 5) is 0.853. The van der Waals surface area contributed by atoms with Gasteiger partial charge in [0.15, 0.2) is 0 Å². The van der Waals surface area contributed by atoms with E-state index in [4.69, 9.17) is 4.74 Å². The minimum Gasteiger partial charge on any atom is -0.494 e. The van der Waals surface area contributed by atoms with E-state index in [1.165, 1.54) is 0 Å². The average Bonchev–Trinajstić information content (AvgIpc) is 2.54. The molecule has 0 aliphatic heterocycles. The molecule has 0 radical (unpaired) electrons. The van der Waals surface area contributed by atoms with Gasteiger partial charge < -0.3 is 10.1 Å². The van der Waals surface area contributed by atoms with E-state index >= 15 is 0 Å². The molecule has 0 saturated carbocycles. The summed E-state index contributed by atoms with van der Waals surface area (Å²) in [6.45, 7) is 2.59. The van der Waals surface area contributed by atoms with Gasteiger partial charge >= 0.3 is 0 Å². The van der Waals surface area contributed by atoms with Gasteiger partial charge in [-0.3, -0.25) is 4.21 Å². The zero-order valence-corrected chi connectivity index (χ0v) is 13.2. The van der Waals surface area contributed by atoms with Crippen molar-refractivity contribution in [2.45, 2.75) is 17.9 Å². The molecule has 2 aromatic carbocycles. The second-order valence-electron chi connectivity index (χ2n) is 4.64. The van der Waals surface area contributed by atoms with Gasteiger partial charge in [0, 0.05) is 22.3 Å². The summed E-state index contributed by atoms with van der Waals surface area (Å²) in [6.07, 6.45) is 0. The van der Waals surface area contributed by atoms with Crippen LogP contribution in [0.4, 0.5) is 0 Å². The molecule has 0 amide bonds. The fraction of sp³-hybridized carbons (Fsp3) is 0.294. The maximum absolute atomic E-state index is 12.5. The van der Waals surface area contributed by atoms with E-state index in [0.29, 0.717) is 12.4 Å². The highest BCUT2D eigenvalue weighted by Gasteiger charge is 2.18. The first kappa shape index (κ1) is 15.7. The van der Waals surface area contributed by atoms with Gasteiger partial charge in [-0.25, -0.2) is 0 Å². The van der Waals surface area contributed by atoms with Crippen LogP contribution in [0, 0.1) is 0 Å². The number of ether oxygens (including phenoxy) is 1. The minimum atomic E-state index is -1.04. The lowest BCUT2D eigenvalue weighted by Crippen LogP contribution is -2.23. The molecule has 3 nitrogen and oxygen atoms in total. The Morgan fingerprint density at radius 2 is 1.76 bits per heavy atom. The summed E-state index contributed by atoms with van der Waals surface area (Å²) < 4.78 is 18.2. The molecule has 0 bridgehead atoms. The lowest BCUT2D eigenvalue weighted by atomic mass is 10.1. The molecule has 0 aliphatic carbocycles. The van der Waals surface area contributed by atoms with E-state index in [9.17, 15) is 4.21 Å². The predicted molar refractivity (Wildman–Crippen MR) is 87.1 cm³/mol. The first-order valence-electron chi connectivity index (χ1n) is 7.08. The largest absolute Gasteiger partial charge is 0.494 e. The molecule has 0 heterocycles. The van der Waals surface area contributed by atoms with Crippen LogP contribution in [0.2, 0.25) is 0 Å². The van der Waals surface area contributed by atoms with Crippen molar-refractivity contribution in [1.29, 1.82) is 0 Å². The van der Waals surface area contributed by atoms with E-state index in [-0.39, 0.29) is 6.04 Å². The molecule has 4 heteroatoms. The second-order valence-corrected chi connectivity index (χ2v) is 6.13. The lowest BCUT2D eigenvalue weighted by Gasteiger charge is -2.19. The first-order valence-corrected chi connectivity index (χ1v) is 8.40. The zero-order chi connectivity index (χ0) is 15.1. The average molecular weight is 303 g/mol. The smallest absolute Gasteiger partial charge is 0.124 e. The van der Waals surface area contributed by atoms with Gasteiger partial charge in [0.2, 0.25) is 0 Å². The maximum atomic E-state index is 12.5. The second kappa shape index (κ2) is 7.96. The molecule has 112 valence electrons. The summed E-state index contributed by atoms with van der Waals surface area (Å²) >= 11 is 0. The summed E-state index contributed by atoms with van der Waals surface area (Å²) in [6, 6.07) is 17.5. The van der Waals surface area contributed by atoms with Gasteiger partial charge in [-0.15, -0.1) is 0 Å². The van der Waals surface area contributed by atoms with Crippen LogP contribution in [0.25, 0.3) is 0 Å². The van der Waals surface area contributed by atoms with Crippen LogP contribution in [-0.4, -0.2) is 23.6 Å². The number of hydrogen-bond donors (Lipinski definition) is 1. The number of nitrogens with one attached hydrogen (secondary N) is 1. The van der Waals surface area contributed by atoms with Gasteiger partial charge in [-0.2, -0.15) is 0 Å². The van der Waals surface area contributed by atoms with Crippen LogP contribution in [0.3, 0.4) is 0 Å². The Morgan fingerprint density at radius 1 is 1.10 bits per heavy atom. The van der Waals surface area contributed by atoms with Crippen LogP contribution >= 0.6 is 0 Å². The molecule has 0 aromatic heterocycles. The fourth-order valence-corrected chi connectivity index (χ4v) is 3.51. The molecule has 0 aliphatic rings. The molecular weight excluding hydrogens is 282 g/mol. The van der Waals surface area contributed by atoms with Crippen LogP contribution in [0.1, 0.15) is 18.5 Å². The SMILES string of the molecule is CCOc1ccccc1C(CS(=O)c1ccccc1)NC. The first-order chi connectivity index (χ1) is 10.3. The minimum absolute atomic E-state index is 0.00575. The highest BCUT2D eigenvalue weighted by molar-refractivity contribution is 7.85. The standard InChI is InChI=1S/C17H21NO2S/c1-3-20-17-12-8-7-11-15(17)16(18-2)13-21(19)14-9-5-4-6-10-14/h4-12,16,18H,3,13H2,1-2H3. The molecular formula is C17H21NO2S. The third kappa shape index (κ3) is 4.16. The van der Waals surface area contributed by atoms with Crippen molar-refractivity contribution in [2.75, 3.05) is 19.4 Å². The summed E-state index contributed by atoms with van der Waals surface area (Å²) in [5.74, 6) is 1.37. The van der Waals surface area contributed by atoms with Crippen molar-refractivity contribution >= 4 is 10.8 Å². The predicted octanol–water partition coefficient (Wildman–Crippen LogP) is 3.15. The van der Waals surface area contributed by atoms with Crippen LogP contribution in [0.15, 0.2) is 59.5 Å². The molecule has 0 spiro atoms. The van der Waals surface area contributed by atoms with E-state index in [1.54, 1.807) is 0 Å². The maximum Gasteiger partial charge on any atom is 0.124 e. The fourth-order valence-electron chi connectivity index (χ4n) is 2.20. The number of benzene rings is 2. The highest BCUT2D eigenvalue weighted by atomic mass is 32.2. The molecule has 2 rings (SSSR count). The summed E-state index contributed by atoms with van der Waals surface area (Å²) in [5, 5.41) is 3.24. The van der Waals surface area contributed by atoms with E-state index in [0.717, 1.165) is 16.2 Å². The number of rotatable bonds is 7. The van der Waals surface area contributed by atoms with Crippen molar-refractivity contribution in [3.8, 4) is 5.75 Å². The van der Waals surface area contributed by atoms with Crippen molar-refractivity contribution in [3.63, 3.8) is 0 Å². The van der Waals surface area contributed by atoms with E-state index in [1.807, 2.05) is 68.6 Å². The zero-order valence-electron chi connectivity index (χ0n) is 12.4. The number of hydrogen-bond acceptors (Lipinski definition) is 3. The van der Waals surface area contributed by atoms with Crippen LogP contribution < -0.4 is 10.1 Å². The Labute approximate surface area is 128 Å². The van der Waals surface area contributed by atoms with Crippen molar-refractivity contribution in [2.24, 2.45) is 0 Å². The lowest BCUT2D eigenvalue weighted by molar-refractivity contribution is 0.333. The molecule has 21 heavy (non-hydrogen) atoms. The van der Waals surface area contributed by atoms with Crippen molar-refractivity contribution < 1.29 is 8.95 Å². The molecule has 0 fully saturated rings. The Bertz CT molecular complexity index is 586. The quantitative estimate of drug-likeness (QED) is 0.854. The molecule has 2 unspecified atom stereocenters. The van der Waals surface area contributed by atoms with E-state index < -0.39 is 10.8 Å². The number of para-hydroxylation sites is 1. The van der Waals surface area contributed by atoms with Gasteiger partial charge in [0.25, 0.3) is 0 Å². The Balaban J connectivity index is 2.19. The molecule has 0 saturated heterocycles. The van der Waals surface area contributed by atoms with Gasteiger partial charge in [0.1, 0.15) is 5.75 Å². The van der Waals surface area contributed by atoms with Crippen molar-refractivity contribution in [3.05, 3.63) is 60.2 Å². The van der Waals surface area contributed by atoms with Crippen LogP contribution in [0.5, 0.6) is 5.75 Å². The molecule has 2 atom stereocenters. The van der Waals surface area contributed by atoms with E-state index in [2.05, 4.69) is 5.32 Å². The molecule has 2 aromatic rings. The Kier molecular flexibility index (Phi) is 5.96. The van der Waals surface area contributed by atoms with Crippen LogP contribution in [-0.2, 0) is 10.8 Å². The Hall–Kier alpha value is -1.65. The molecule has 1 N–H and O–H groups in total. The topological polar surface area (TPSA) is 38.3 Å².